The predicted octanol–water partition coefficient (Wildman–Crippen LogP) is 2.32. The highest BCUT2D eigenvalue weighted by molar-refractivity contribution is 5.94. The highest BCUT2D eigenvalue weighted by atomic mass is 19.1. The van der Waals surface area contributed by atoms with Crippen LogP contribution in [0.25, 0.3) is 0 Å². The number of anilines is 2. The normalized spacial score (nSPS) is 16.6. The van der Waals surface area contributed by atoms with E-state index in [0.717, 1.165) is 18.9 Å². The second-order valence-corrected chi connectivity index (χ2v) is 4.89. The lowest BCUT2D eigenvalue weighted by molar-refractivity contribution is 0.0698. The molecule has 1 aromatic rings. The molecule has 1 aliphatic rings. The van der Waals surface area contributed by atoms with Crippen molar-refractivity contribution >= 4 is 17.3 Å². The van der Waals surface area contributed by atoms with Crippen LogP contribution >= 0.6 is 0 Å². The number of benzene rings is 1. The number of halogens is 1. The number of hydrogen-bond acceptors (Lipinski definition) is 3. The molecule has 0 bridgehead atoms. The standard InChI is InChI=1S/C12H15FN2O2/c1-12(2-3-12)6-15-10-4-7(11(16)17)9(14)5-8(10)13/h4-5,15H,2-3,6,14H2,1H3,(H,16,17). The van der Waals surface area contributed by atoms with Gasteiger partial charge in [-0.05, 0) is 30.4 Å². The topological polar surface area (TPSA) is 75.3 Å². The lowest BCUT2D eigenvalue weighted by atomic mass is 10.1. The van der Waals surface area contributed by atoms with Crippen LogP contribution in [0, 0.1) is 11.2 Å². The van der Waals surface area contributed by atoms with E-state index in [1.807, 2.05) is 0 Å². The van der Waals surface area contributed by atoms with Crippen molar-refractivity contribution in [3.05, 3.63) is 23.5 Å². The first kappa shape index (κ1) is 11.7. The van der Waals surface area contributed by atoms with Crippen molar-refractivity contribution in [1.82, 2.24) is 0 Å². The Balaban J connectivity index is 2.20. The summed E-state index contributed by atoms with van der Waals surface area (Å²) in [6, 6.07) is 2.29. The maximum atomic E-state index is 13.6. The molecule has 0 heterocycles. The fraction of sp³-hybridized carbons (Fsp3) is 0.417. The summed E-state index contributed by atoms with van der Waals surface area (Å²) in [5.41, 5.74) is 5.72. The van der Waals surface area contributed by atoms with Crippen molar-refractivity contribution in [2.45, 2.75) is 19.8 Å². The van der Waals surface area contributed by atoms with Crippen molar-refractivity contribution in [2.24, 2.45) is 5.41 Å². The molecule has 0 aliphatic heterocycles. The van der Waals surface area contributed by atoms with Crippen molar-refractivity contribution < 1.29 is 14.3 Å². The SMILES string of the molecule is CC1(CNc2cc(C(=O)O)c(N)cc2F)CC1. The van der Waals surface area contributed by atoms with Gasteiger partial charge in [0.15, 0.2) is 0 Å². The van der Waals surface area contributed by atoms with E-state index in [2.05, 4.69) is 12.2 Å². The Hall–Kier alpha value is -1.78. The van der Waals surface area contributed by atoms with E-state index in [9.17, 15) is 9.18 Å². The first-order valence-corrected chi connectivity index (χ1v) is 5.47. The molecular weight excluding hydrogens is 223 g/mol. The van der Waals surface area contributed by atoms with Gasteiger partial charge in [-0.2, -0.15) is 0 Å². The quantitative estimate of drug-likeness (QED) is 0.704. The average Bonchev–Trinajstić information content (AvgIpc) is 2.95. The number of carbonyl (C=O) groups is 1. The number of nitrogens with one attached hydrogen (secondary N) is 1. The molecule has 92 valence electrons. The Morgan fingerprint density at radius 3 is 2.76 bits per heavy atom. The zero-order valence-electron chi connectivity index (χ0n) is 9.59. The number of carboxylic acids is 1. The molecule has 1 aromatic carbocycles. The summed E-state index contributed by atoms with van der Waals surface area (Å²) in [7, 11) is 0. The van der Waals surface area contributed by atoms with E-state index in [1.54, 1.807) is 0 Å². The molecule has 0 saturated heterocycles. The Labute approximate surface area is 98.6 Å². The van der Waals surface area contributed by atoms with Crippen molar-refractivity contribution in [3.63, 3.8) is 0 Å². The van der Waals surface area contributed by atoms with Gasteiger partial charge < -0.3 is 16.2 Å². The molecule has 0 atom stereocenters. The molecule has 1 aliphatic carbocycles. The molecule has 1 fully saturated rings. The van der Waals surface area contributed by atoms with E-state index in [4.69, 9.17) is 10.8 Å². The molecule has 0 radical (unpaired) electrons. The molecule has 0 aromatic heterocycles. The zero-order chi connectivity index (χ0) is 12.6. The van der Waals surface area contributed by atoms with Gasteiger partial charge in [0.25, 0.3) is 0 Å². The molecule has 0 unspecified atom stereocenters. The van der Waals surface area contributed by atoms with E-state index in [1.165, 1.54) is 6.07 Å². The minimum atomic E-state index is -1.15. The summed E-state index contributed by atoms with van der Waals surface area (Å²) < 4.78 is 13.6. The van der Waals surface area contributed by atoms with Gasteiger partial charge in [0, 0.05) is 12.2 Å². The summed E-state index contributed by atoms with van der Waals surface area (Å²) in [5, 5.41) is 11.8. The van der Waals surface area contributed by atoms with Gasteiger partial charge in [0.2, 0.25) is 0 Å². The zero-order valence-corrected chi connectivity index (χ0v) is 9.59. The number of nitrogen functional groups attached to an aromatic ring is 1. The minimum Gasteiger partial charge on any atom is -0.478 e. The highest BCUT2D eigenvalue weighted by Gasteiger charge is 2.36. The summed E-state index contributed by atoms with van der Waals surface area (Å²) in [5.74, 6) is -1.67. The van der Waals surface area contributed by atoms with Crippen LogP contribution in [-0.4, -0.2) is 17.6 Å². The van der Waals surface area contributed by atoms with Crippen molar-refractivity contribution in [1.29, 1.82) is 0 Å². The molecule has 4 nitrogen and oxygen atoms in total. The second-order valence-electron chi connectivity index (χ2n) is 4.89. The third-order valence-electron chi connectivity index (χ3n) is 3.18. The van der Waals surface area contributed by atoms with Gasteiger partial charge in [-0.15, -0.1) is 0 Å². The smallest absolute Gasteiger partial charge is 0.337 e. The van der Waals surface area contributed by atoms with Gasteiger partial charge in [-0.25, -0.2) is 9.18 Å². The Morgan fingerprint density at radius 1 is 1.59 bits per heavy atom. The van der Waals surface area contributed by atoms with E-state index in [-0.39, 0.29) is 22.4 Å². The van der Waals surface area contributed by atoms with Gasteiger partial charge >= 0.3 is 5.97 Å². The first-order valence-electron chi connectivity index (χ1n) is 5.47. The molecule has 17 heavy (non-hydrogen) atoms. The van der Waals surface area contributed by atoms with Crippen LogP contribution in [0.3, 0.4) is 0 Å². The predicted molar refractivity (Wildman–Crippen MR) is 63.6 cm³/mol. The number of carboxylic acid groups (broad SMARTS) is 1. The van der Waals surface area contributed by atoms with Crippen LogP contribution in [0.5, 0.6) is 0 Å². The highest BCUT2D eigenvalue weighted by Crippen LogP contribution is 2.44. The molecule has 0 amide bonds. The van der Waals surface area contributed by atoms with E-state index < -0.39 is 11.8 Å². The number of rotatable bonds is 4. The van der Waals surface area contributed by atoms with Crippen LogP contribution in [0.4, 0.5) is 15.8 Å². The van der Waals surface area contributed by atoms with Crippen LogP contribution in [0.15, 0.2) is 12.1 Å². The van der Waals surface area contributed by atoms with Gasteiger partial charge in [-0.1, -0.05) is 6.92 Å². The Kier molecular flexibility index (Phi) is 2.69. The third kappa shape index (κ3) is 2.49. The lowest BCUT2D eigenvalue weighted by Gasteiger charge is -2.13. The van der Waals surface area contributed by atoms with E-state index in [0.29, 0.717) is 6.54 Å². The molecule has 5 heteroatoms. The fourth-order valence-electron chi connectivity index (χ4n) is 1.61. The molecule has 2 rings (SSSR count). The van der Waals surface area contributed by atoms with Crippen LogP contribution in [0.1, 0.15) is 30.1 Å². The molecular formula is C12H15FN2O2. The summed E-state index contributed by atoms with van der Waals surface area (Å²) in [6.07, 6.45) is 2.23. The average molecular weight is 238 g/mol. The Bertz CT molecular complexity index is 470. The maximum absolute atomic E-state index is 13.6. The van der Waals surface area contributed by atoms with Crippen LogP contribution in [0.2, 0.25) is 0 Å². The lowest BCUT2D eigenvalue weighted by Crippen LogP contribution is -2.14. The number of aromatic carboxylic acids is 1. The van der Waals surface area contributed by atoms with E-state index >= 15 is 0 Å². The maximum Gasteiger partial charge on any atom is 0.337 e. The molecule has 0 spiro atoms. The second kappa shape index (κ2) is 3.91. The fourth-order valence-corrected chi connectivity index (χ4v) is 1.61. The minimum absolute atomic E-state index is 0.0572. The van der Waals surface area contributed by atoms with Crippen molar-refractivity contribution in [2.75, 3.05) is 17.6 Å². The summed E-state index contributed by atoms with van der Waals surface area (Å²) in [6.45, 7) is 2.75. The molecule has 4 N–H and O–H groups in total. The first-order chi connectivity index (χ1) is 7.91. The summed E-state index contributed by atoms with van der Waals surface area (Å²) >= 11 is 0. The number of hydrogen-bond donors (Lipinski definition) is 3. The van der Waals surface area contributed by atoms with Gasteiger partial charge in [-0.3, -0.25) is 0 Å². The van der Waals surface area contributed by atoms with Gasteiger partial charge in [0.1, 0.15) is 5.82 Å². The third-order valence-corrected chi connectivity index (χ3v) is 3.18. The Morgan fingerprint density at radius 2 is 2.24 bits per heavy atom. The summed E-state index contributed by atoms with van der Waals surface area (Å²) in [4.78, 5) is 10.9. The van der Waals surface area contributed by atoms with Crippen molar-refractivity contribution in [3.8, 4) is 0 Å². The van der Waals surface area contributed by atoms with Gasteiger partial charge in [0.05, 0.1) is 11.3 Å². The molecule has 1 saturated carbocycles. The number of nitrogens with two attached hydrogens (primary N) is 1. The van der Waals surface area contributed by atoms with Crippen LogP contribution < -0.4 is 11.1 Å². The largest absolute Gasteiger partial charge is 0.478 e. The van der Waals surface area contributed by atoms with Crippen LogP contribution in [-0.2, 0) is 0 Å². The monoisotopic (exact) mass is 238 g/mol.